The fourth-order valence-corrected chi connectivity index (χ4v) is 3.10. The van der Waals surface area contributed by atoms with E-state index in [9.17, 15) is 14.4 Å². The maximum atomic E-state index is 12.2. The summed E-state index contributed by atoms with van der Waals surface area (Å²) in [5.41, 5.74) is 1.39. The van der Waals surface area contributed by atoms with Gasteiger partial charge in [0.05, 0.1) is 13.1 Å². The van der Waals surface area contributed by atoms with Gasteiger partial charge < -0.3 is 20.9 Å². The maximum Gasteiger partial charge on any atom is 0.324 e. The lowest BCUT2D eigenvalue weighted by atomic mass is 10.1. The van der Waals surface area contributed by atoms with Gasteiger partial charge in [0, 0.05) is 38.3 Å². The average molecular weight is 396 g/mol. The maximum absolute atomic E-state index is 12.2. The number of halogens is 1. The molecule has 148 valence electrons. The molecular weight excluding hydrogens is 370 g/mol. The van der Waals surface area contributed by atoms with Crippen LogP contribution in [0.3, 0.4) is 0 Å². The minimum atomic E-state index is -0.374. The number of piperazine rings is 1. The van der Waals surface area contributed by atoms with E-state index in [4.69, 9.17) is 0 Å². The molecule has 2 aliphatic rings. The van der Waals surface area contributed by atoms with Crippen molar-refractivity contribution in [2.24, 2.45) is 0 Å². The van der Waals surface area contributed by atoms with Crippen LogP contribution in [-0.2, 0) is 11.3 Å². The first-order valence-corrected chi connectivity index (χ1v) is 9.02. The molecule has 3 rings (SSSR count). The molecule has 4 amide bonds. The van der Waals surface area contributed by atoms with Gasteiger partial charge in [-0.1, -0.05) is 12.1 Å². The molecule has 1 aromatic carbocycles. The Morgan fingerprint density at radius 2 is 1.81 bits per heavy atom. The predicted octanol–water partition coefficient (Wildman–Crippen LogP) is 0.185. The van der Waals surface area contributed by atoms with Crippen molar-refractivity contribution in [3.05, 3.63) is 35.4 Å². The molecule has 2 saturated heterocycles. The van der Waals surface area contributed by atoms with Gasteiger partial charge in [-0.15, -0.1) is 12.4 Å². The van der Waals surface area contributed by atoms with Gasteiger partial charge in [-0.3, -0.25) is 14.5 Å². The number of carbonyl (C=O) groups is 3. The molecule has 3 N–H and O–H groups in total. The smallest absolute Gasteiger partial charge is 0.324 e. The van der Waals surface area contributed by atoms with Crippen LogP contribution in [0.1, 0.15) is 22.3 Å². The third kappa shape index (κ3) is 5.92. The highest BCUT2D eigenvalue weighted by molar-refractivity contribution is 6.01. The predicted molar refractivity (Wildman–Crippen MR) is 104 cm³/mol. The number of hydrogen-bond acceptors (Lipinski definition) is 5. The minimum Gasteiger partial charge on any atom is -0.352 e. The fourth-order valence-electron chi connectivity index (χ4n) is 3.10. The SMILES string of the molecule is Cl.O=C(NCCCN1CCNCC1)c1ccc(CN2C(=O)CNC2=O)cc1. The second-order valence-corrected chi connectivity index (χ2v) is 6.54. The number of hydrogen-bond donors (Lipinski definition) is 3. The summed E-state index contributed by atoms with van der Waals surface area (Å²) in [5, 5.41) is 8.74. The number of nitrogens with one attached hydrogen (secondary N) is 3. The Kier molecular flexibility index (Phi) is 8.02. The summed E-state index contributed by atoms with van der Waals surface area (Å²) in [6.45, 7) is 6.09. The molecule has 0 aliphatic carbocycles. The lowest BCUT2D eigenvalue weighted by Gasteiger charge is -2.27. The molecule has 2 fully saturated rings. The van der Waals surface area contributed by atoms with E-state index in [0.29, 0.717) is 12.1 Å². The van der Waals surface area contributed by atoms with Gasteiger partial charge in [0.25, 0.3) is 5.91 Å². The van der Waals surface area contributed by atoms with Crippen molar-refractivity contribution < 1.29 is 14.4 Å². The number of nitrogens with zero attached hydrogens (tertiary/aromatic N) is 2. The Hall–Kier alpha value is -2.16. The first-order valence-electron chi connectivity index (χ1n) is 9.02. The highest BCUT2D eigenvalue weighted by Crippen LogP contribution is 2.10. The van der Waals surface area contributed by atoms with Gasteiger partial charge in [0.2, 0.25) is 5.91 Å². The molecule has 0 saturated carbocycles. The van der Waals surface area contributed by atoms with Gasteiger partial charge in [0.1, 0.15) is 0 Å². The van der Waals surface area contributed by atoms with Crippen LogP contribution >= 0.6 is 12.4 Å². The number of imide groups is 1. The van der Waals surface area contributed by atoms with Gasteiger partial charge in [-0.25, -0.2) is 4.79 Å². The van der Waals surface area contributed by atoms with Gasteiger partial charge in [-0.05, 0) is 30.7 Å². The lowest BCUT2D eigenvalue weighted by molar-refractivity contribution is -0.125. The number of carbonyl (C=O) groups excluding carboxylic acids is 3. The molecule has 2 heterocycles. The second-order valence-electron chi connectivity index (χ2n) is 6.54. The zero-order chi connectivity index (χ0) is 18.4. The molecule has 0 bridgehead atoms. The van der Waals surface area contributed by atoms with Crippen molar-refractivity contribution in [3.8, 4) is 0 Å². The molecule has 0 atom stereocenters. The monoisotopic (exact) mass is 395 g/mol. The Morgan fingerprint density at radius 3 is 2.44 bits per heavy atom. The van der Waals surface area contributed by atoms with E-state index in [1.54, 1.807) is 24.3 Å². The summed E-state index contributed by atoms with van der Waals surface area (Å²) in [6, 6.07) is 6.61. The second kappa shape index (κ2) is 10.2. The number of benzene rings is 1. The van der Waals surface area contributed by atoms with E-state index >= 15 is 0 Å². The highest BCUT2D eigenvalue weighted by Gasteiger charge is 2.28. The van der Waals surface area contributed by atoms with E-state index < -0.39 is 0 Å². The minimum absolute atomic E-state index is 0. The third-order valence-corrected chi connectivity index (χ3v) is 4.64. The molecule has 0 spiro atoms. The van der Waals surface area contributed by atoms with Crippen molar-refractivity contribution in [2.75, 3.05) is 45.8 Å². The average Bonchev–Trinajstić information content (AvgIpc) is 2.98. The van der Waals surface area contributed by atoms with Crippen LogP contribution in [0.15, 0.2) is 24.3 Å². The molecular formula is C18H26ClN5O3. The van der Waals surface area contributed by atoms with Crippen LogP contribution in [0.2, 0.25) is 0 Å². The van der Waals surface area contributed by atoms with E-state index in [1.165, 1.54) is 4.90 Å². The summed E-state index contributed by atoms with van der Waals surface area (Å²) in [7, 11) is 0. The summed E-state index contributed by atoms with van der Waals surface area (Å²) in [5.74, 6) is -0.340. The molecule has 2 aliphatic heterocycles. The Bertz CT molecular complexity index is 645. The van der Waals surface area contributed by atoms with Crippen LogP contribution in [0.4, 0.5) is 4.79 Å². The van der Waals surface area contributed by atoms with Crippen LogP contribution in [0.5, 0.6) is 0 Å². The van der Waals surface area contributed by atoms with Crippen molar-refractivity contribution in [1.29, 1.82) is 0 Å². The van der Waals surface area contributed by atoms with E-state index in [0.717, 1.165) is 44.7 Å². The third-order valence-electron chi connectivity index (χ3n) is 4.64. The van der Waals surface area contributed by atoms with E-state index in [2.05, 4.69) is 20.9 Å². The zero-order valence-electron chi connectivity index (χ0n) is 15.2. The molecule has 27 heavy (non-hydrogen) atoms. The molecule has 9 heteroatoms. The molecule has 0 unspecified atom stereocenters. The Balaban J connectivity index is 0.00000261. The van der Waals surface area contributed by atoms with Crippen molar-refractivity contribution >= 4 is 30.3 Å². The quantitative estimate of drug-likeness (QED) is 0.452. The first-order chi connectivity index (χ1) is 12.6. The van der Waals surface area contributed by atoms with Gasteiger partial charge in [0.15, 0.2) is 0 Å². The topological polar surface area (TPSA) is 93.8 Å². The first kappa shape index (κ1) is 21.1. The van der Waals surface area contributed by atoms with Crippen LogP contribution in [-0.4, -0.2) is 73.5 Å². The largest absolute Gasteiger partial charge is 0.352 e. The van der Waals surface area contributed by atoms with Gasteiger partial charge >= 0.3 is 6.03 Å². The standard InChI is InChI=1S/C18H25N5O3.ClH/c24-16-12-21-18(26)23(16)13-14-2-4-15(5-3-14)17(25)20-6-1-9-22-10-7-19-8-11-22;/h2-5,19H,1,6-13H2,(H,20,25)(H,21,26);1H. The van der Waals surface area contributed by atoms with Crippen molar-refractivity contribution in [3.63, 3.8) is 0 Å². The summed E-state index contributed by atoms with van der Waals surface area (Å²) >= 11 is 0. The molecule has 0 aromatic heterocycles. The highest BCUT2D eigenvalue weighted by atomic mass is 35.5. The lowest BCUT2D eigenvalue weighted by Crippen LogP contribution is -2.44. The number of amides is 4. The number of rotatable bonds is 7. The van der Waals surface area contributed by atoms with Crippen molar-refractivity contribution in [2.45, 2.75) is 13.0 Å². The summed E-state index contributed by atoms with van der Waals surface area (Å²) in [6.07, 6.45) is 0.927. The normalized spacial score (nSPS) is 17.4. The number of urea groups is 1. The summed E-state index contributed by atoms with van der Waals surface area (Å²) < 4.78 is 0. The van der Waals surface area contributed by atoms with E-state index in [-0.39, 0.29) is 43.3 Å². The van der Waals surface area contributed by atoms with Crippen LogP contribution in [0.25, 0.3) is 0 Å². The van der Waals surface area contributed by atoms with E-state index in [1.807, 2.05) is 0 Å². The summed E-state index contributed by atoms with van der Waals surface area (Å²) in [4.78, 5) is 38.9. The fraction of sp³-hybridized carbons (Fsp3) is 0.500. The Morgan fingerprint density at radius 1 is 1.11 bits per heavy atom. The molecule has 8 nitrogen and oxygen atoms in total. The molecule has 0 radical (unpaired) electrons. The van der Waals surface area contributed by atoms with Gasteiger partial charge in [-0.2, -0.15) is 0 Å². The Labute approximate surface area is 165 Å². The van der Waals surface area contributed by atoms with Crippen LogP contribution < -0.4 is 16.0 Å². The molecule has 1 aromatic rings. The zero-order valence-corrected chi connectivity index (χ0v) is 16.0. The van der Waals surface area contributed by atoms with Crippen molar-refractivity contribution in [1.82, 2.24) is 25.8 Å². The van der Waals surface area contributed by atoms with Crippen LogP contribution in [0, 0.1) is 0 Å².